The van der Waals surface area contributed by atoms with Crippen LogP contribution in [0.4, 0.5) is 0 Å². The molecule has 1 aromatic heterocycles. The predicted molar refractivity (Wildman–Crippen MR) is 125 cm³/mol. The molecule has 1 aromatic carbocycles. The zero-order valence-electron chi connectivity index (χ0n) is 17.6. The highest BCUT2D eigenvalue weighted by atomic mass is 127. The summed E-state index contributed by atoms with van der Waals surface area (Å²) in [5.41, 5.74) is 2.73. The van der Waals surface area contributed by atoms with Gasteiger partial charge in [-0.25, -0.2) is 14.7 Å². The maximum Gasteiger partial charge on any atom is 0.192 e. The molecular formula is C21H33IN6. The van der Waals surface area contributed by atoms with Gasteiger partial charge < -0.3 is 10.6 Å². The molecule has 28 heavy (non-hydrogen) atoms. The van der Waals surface area contributed by atoms with Crippen LogP contribution in [0.25, 0.3) is 0 Å². The van der Waals surface area contributed by atoms with Crippen molar-refractivity contribution < 1.29 is 0 Å². The summed E-state index contributed by atoms with van der Waals surface area (Å²) >= 11 is 0. The number of nitrogens with zero attached hydrogens (tertiary/aromatic N) is 4. The molecule has 0 fully saturated rings. The second-order valence-corrected chi connectivity index (χ2v) is 8.22. The Hall–Kier alpha value is -1.64. The van der Waals surface area contributed by atoms with E-state index in [-0.39, 0.29) is 35.4 Å². The van der Waals surface area contributed by atoms with Gasteiger partial charge in [0.15, 0.2) is 5.96 Å². The highest BCUT2D eigenvalue weighted by molar-refractivity contribution is 14.0. The van der Waals surface area contributed by atoms with Crippen LogP contribution in [0, 0.1) is 6.92 Å². The number of aliphatic imine (C=N–C) groups is 1. The number of rotatable bonds is 4. The van der Waals surface area contributed by atoms with Crippen molar-refractivity contribution in [1.29, 1.82) is 0 Å². The van der Waals surface area contributed by atoms with Crippen LogP contribution in [-0.2, 0) is 18.5 Å². The Kier molecular flexibility index (Phi) is 7.86. The smallest absolute Gasteiger partial charge is 0.192 e. The van der Waals surface area contributed by atoms with Crippen LogP contribution < -0.4 is 10.6 Å². The minimum Gasteiger partial charge on any atom is -0.357 e. The topological polar surface area (TPSA) is 67.1 Å². The van der Waals surface area contributed by atoms with E-state index in [1.165, 1.54) is 11.1 Å². The number of halogens is 1. The summed E-state index contributed by atoms with van der Waals surface area (Å²) in [4.78, 5) is 9.39. The molecule has 1 unspecified atom stereocenters. The summed E-state index contributed by atoms with van der Waals surface area (Å²) < 4.78 is 2.02. The van der Waals surface area contributed by atoms with Crippen molar-refractivity contribution in [2.24, 2.45) is 4.99 Å². The van der Waals surface area contributed by atoms with E-state index < -0.39 is 0 Å². The zero-order valence-corrected chi connectivity index (χ0v) is 19.9. The summed E-state index contributed by atoms with van der Waals surface area (Å²) in [5.74, 6) is 2.68. The fraction of sp³-hybridized carbons (Fsp3) is 0.571. The minimum atomic E-state index is 0. The summed E-state index contributed by atoms with van der Waals surface area (Å²) in [6.07, 6.45) is 2.14. The van der Waals surface area contributed by atoms with Gasteiger partial charge in [0.05, 0.1) is 12.6 Å². The van der Waals surface area contributed by atoms with Gasteiger partial charge in [0.1, 0.15) is 11.6 Å². The maximum absolute atomic E-state index is 4.79. The summed E-state index contributed by atoms with van der Waals surface area (Å²) in [7, 11) is 0. The lowest BCUT2D eigenvalue weighted by Crippen LogP contribution is -2.41. The molecule has 1 atom stereocenters. The lowest BCUT2D eigenvalue weighted by Gasteiger charge is -2.25. The van der Waals surface area contributed by atoms with Gasteiger partial charge in [-0.3, -0.25) is 0 Å². The van der Waals surface area contributed by atoms with Gasteiger partial charge in [-0.1, -0.05) is 45.0 Å². The van der Waals surface area contributed by atoms with E-state index in [2.05, 4.69) is 72.7 Å². The molecule has 0 amide bonds. The number of fused-ring (bicyclic) bond motifs is 1. The summed E-state index contributed by atoms with van der Waals surface area (Å²) in [5, 5.41) is 11.4. The molecule has 0 saturated carbocycles. The van der Waals surface area contributed by atoms with Gasteiger partial charge in [-0.2, -0.15) is 5.10 Å². The second kappa shape index (κ2) is 9.71. The molecule has 2 heterocycles. The third kappa shape index (κ3) is 5.68. The Morgan fingerprint density at radius 1 is 1.25 bits per heavy atom. The van der Waals surface area contributed by atoms with Crippen molar-refractivity contribution in [2.45, 2.75) is 72.0 Å². The van der Waals surface area contributed by atoms with Crippen molar-refractivity contribution in [3.63, 3.8) is 0 Å². The van der Waals surface area contributed by atoms with E-state index in [1.807, 2.05) is 11.6 Å². The van der Waals surface area contributed by atoms with Gasteiger partial charge in [0.25, 0.3) is 0 Å². The molecule has 154 valence electrons. The molecule has 2 N–H and O–H groups in total. The highest BCUT2D eigenvalue weighted by Gasteiger charge is 2.24. The normalized spacial score (nSPS) is 16.9. The number of guanidine groups is 1. The van der Waals surface area contributed by atoms with E-state index in [1.54, 1.807) is 0 Å². The van der Waals surface area contributed by atoms with Crippen LogP contribution in [-0.4, -0.2) is 27.3 Å². The van der Waals surface area contributed by atoms with Gasteiger partial charge >= 0.3 is 0 Å². The second-order valence-electron chi connectivity index (χ2n) is 8.22. The third-order valence-electron chi connectivity index (χ3n) is 4.88. The van der Waals surface area contributed by atoms with Gasteiger partial charge in [-0.05, 0) is 43.2 Å². The Morgan fingerprint density at radius 2 is 1.96 bits per heavy atom. The van der Waals surface area contributed by atoms with Crippen molar-refractivity contribution in [1.82, 2.24) is 25.4 Å². The Morgan fingerprint density at radius 3 is 2.61 bits per heavy atom. The van der Waals surface area contributed by atoms with E-state index in [4.69, 9.17) is 4.99 Å². The van der Waals surface area contributed by atoms with Crippen LogP contribution in [0.3, 0.4) is 0 Å². The molecule has 3 rings (SSSR count). The van der Waals surface area contributed by atoms with Crippen LogP contribution >= 0.6 is 24.0 Å². The van der Waals surface area contributed by atoms with Crippen molar-refractivity contribution in [3.8, 4) is 0 Å². The molecule has 1 aliphatic rings. The Labute approximate surface area is 185 Å². The first kappa shape index (κ1) is 22.6. The van der Waals surface area contributed by atoms with Gasteiger partial charge in [0, 0.05) is 13.1 Å². The minimum absolute atomic E-state index is 0. The average molecular weight is 496 g/mol. The summed E-state index contributed by atoms with van der Waals surface area (Å²) in [6, 6.07) is 8.92. The van der Waals surface area contributed by atoms with Crippen molar-refractivity contribution in [3.05, 3.63) is 47.0 Å². The van der Waals surface area contributed by atoms with E-state index in [0.29, 0.717) is 6.54 Å². The van der Waals surface area contributed by atoms with Crippen LogP contribution in [0.5, 0.6) is 0 Å². The molecule has 0 radical (unpaired) electrons. The van der Waals surface area contributed by atoms with Crippen molar-refractivity contribution in [2.75, 3.05) is 6.54 Å². The number of hydrogen-bond donors (Lipinski definition) is 2. The molecule has 0 saturated heterocycles. The first-order valence-electron chi connectivity index (χ1n) is 9.92. The Balaban J connectivity index is 0.00000280. The molecule has 0 bridgehead atoms. The van der Waals surface area contributed by atoms with Crippen LogP contribution in [0.2, 0.25) is 0 Å². The van der Waals surface area contributed by atoms with Crippen LogP contribution in [0.15, 0.2) is 29.3 Å². The first-order valence-corrected chi connectivity index (χ1v) is 9.92. The molecule has 6 nitrogen and oxygen atoms in total. The van der Waals surface area contributed by atoms with E-state index in [9.17, 15) is 0 Å². The van der Waals surface area contributed by atoms with Gasteiger partial charge in [-0.15, -0.1) is 24.0 Å². The fourth-order valence-corrected chi connectivity index (χ4v) is 3.37. The molecule has 0 aliphatic carbocycles. The lowest BCUT2D eigenvalue weighted by molar-refractivity contribution is 0.397. The van der Waals surface area contributed by atoms with Crippen molar-refractivity contribution >= 4 is 29.9 Å². The van der Waals surface area contributed by atoms with Gasteiger partial charge in [0.2, 0.25) is 0 Å². The molecule has 2 aromatic rings. The number of aromatic nitrogens is 3. The summed E-state index contributed by atoms with van der Waals surface area (Å²) in [6.45, 7) is 13.2. The average Bonchev–Trinajstić information content (AvgIpc) is 3.01. The van der Waals surface area contributed by atoms with E-state index >= 15 is 0 Å². The molecular weight excluding hydrogens is 463 g/mol. The largest absolute Gasteiger partial charge is 0.357 e. The number of hydrogen-bond acceptors (Lipinski definition) is 3. The van der Waals surface area contributed by atoms with Crippen LogP contribution in [0.1, 0.15) is 69.4 Å². The molecule has 1 aliphatic heterocycles. The Bertz CT molecular complexity index is 788. The molecule has 7 heteroatoms. The lowest BCUT2D eigenvalue weighted by atomic mass is 9.87. The number of nitrogens with one attached hydrogen (secondary N) is 2. The maximum atomic E-state index is 4.79. The predicted octanol–water partition coefficient (Wildman–Crippen LogP) is 4.09. The monoisotopic (exact) mass is 496 g/mol. The number of aryl methyl sites for hydroxylation is 2. The molecule has 0 spiro atoms. The highest BCUT2D eigenvalue weighted by Crippen LogP contribution is 2.23. The van der Waals surface area contributed by atoms with E-state index in [0.717, 1.165) is 43.5 Å². The fourth-order valence-electron chi connectivity index (χ4n) is 3.37. The third-order valence-corrected chi connectivity index (χ3v) is 4.88. The standard InChI is InChI=1S/C21H32N6.HI/c1-6-22-20(23-14-16-9-11-17(12-10-16)21(3,4)5)25-18-8-7-13-27-19(18)24-15(2)26-27;/h9-12,18H,6-8,13-14H2,1-5H3,(H2,22,23,25);1H. The zero-order chi connectivity index (χ0) is 19.4. The SMILES string of the molecule is CCNC(=NCc1ccc(C(C)(C)C)cc1)NC1CCCn2nc(C)nc21.I. The first-order chi connectivity index (χ1) is 12.9. The quantitative estimate of drug-likeness (QED) is 0.380. The number of benzene rings is 1.